The van der Waals surface area contributed by atoms with Gasteiger partial charge in [0.25, 0.3) is 0 Å². The summed E-state index contributed by atoms with van der Waals surface area (Å²) < 4.78 is 0. The summed E-state index contributed by atoms with van der Waals surface area (Å²) in [6, 6.07) is 15.3. The molecule has 0 nitrogen and oxygen atoms in total. The summed E-state index contributed by atoms with van der Waals surface area (Å²) in [7, 11) is 0. The van der Waals surface area contributed by atoms with Crippen LogP contribution < -0.4 is 0 Å². The first-order chi connectivity index (χ1) is 9.54. The minimum atomic E-state index is 0.0745. The van der Waals surface area contributed by atoms with Crippen molar-refractivity contribution in [2.45, 2.75) is 44.4 Å². The maximum Gasteiger partial charge on any atom is 0.0687 e. The Labute approximate surface area is 126 Å². The fraction of sp³-hybridized carbons (Fsp3) is 0.368. The number of benzene rings is 2. The molecule has 0 bridgehead atoms. The van der Waals surface area contributed by atoms with Gasteiger partial charge >= 0.3 is 0 Å². The van der Waals surface area contributed by atoms with Gasteiger partial charge in [0.1, 0.15) is 0 Å². The van der Waals surface area contributed by atoms with E-state index < -0.39 is 0 Å². The molecule has 1 fully saturated rings. The minimum Gasteiger partial charge on any atom is -0.117 e. The third-order valence-corrected chi connectivity index (χ3v) is 5.25. The summed E-state index contributed by atoms with van der Waals surface area (Å²) in [5.41, 5.74) is 6.83. The zero-order valence-electron chi connectivity index (χ0n) is 12.4. The Bertz CT molecular complexity index is 600. The van der Waals surface area contributed by atoms with Gasteiger partial charge < -0.3 is 0 Å². The highest BCUT2D eigenvalue weighted by Gasteiger charge is 2.51. The molecule has 0 aliphatic heterocycles. The molecule has 1 atom stereocenters. The predicted molar refractivity (Wildman–Crippen MR) is 86.6 cm³/mol. The van der Waals surface area contributed by atoms with Crippen LogP contribution in [0, 0.1) is 20.8 Å². The van der Waals surface area contributed by atoms with Crippen LogP contribution in [0.5, 0.6) is 0 Å². The van der Waals surface area contributed by atoms with Crippen molar-refractivity contribution >= 4 is 11.6 Å². The molecule has 0 spiro atoms. The van der Waals surface area contributed by atoms with Crippen LogP contribution in [0.2, 0.25) is 0 Å². The van der Waals surface area contributed by atoms with Crippen LogP contribution in [0.15, 0.2) is 42.5 Å². The second-order valence-corrected chi connectivity index (χ2v) is 6.63. The summed E-state index contributed by atoms with van der Waals surface area (Å²) in [5, 5.41) is 0.0745. The normalized spacial score (nSPS) is 17.8. The minimum absolute atomic E-state index is 0.0745. The number of rotatable bonds is 3. The highest BCUT2D eigenvalue weighted by Crippen LogP contribution is 2.60. The molecule has 1 aliphatic rings. The molecule has 1 heteroatoms. The van der Waals surface area contributed by atoms with Gasteiger partial charge in [-0.15, -0.1) is 11.6 Å². The van der Waals surface area contributed by atoms with Crippen molar-refractivity contribution in [3.63, 3.8) is 0 Å². The number of alkyl halides is 1. The molecule has 1 aliphatic carbocycles. The Morgan fingerprint density at radius 3 is 2.00 bits per heavy atom. The van der Waals surface area contributed by atoms with Crippen LogP contribution in [0.3, 0.4) is 0 Å². The Balaban J connectivity index is 2.04. The summed E-state index contributed by atoms with van der Waals surface area (Å²) in [6.07, 6.45) is 2.38. The number of aryl methyl sites for hydroxylation is 3. The third-order valence-electron chi connectivity index (χ3n) is 4.61. The first kappa shape index (κ1) is 13.7. The molecule has 2 aromatic rings. The van der Waals surface area contributed by atoms with Crippen LogP contribution in [0.1, 0.15) is 46.0 Å². The Morgan fingerprint density at radius 1 is 0.950 bits per heavy atom. The van der Waals surface area contributed by atoms with E-state index in [0.717, 1.165) is 0 Å². The summed E-state index contributed by atoms with van der Waals surface area (Å²) in [4.78, 5) is 0. The van der Waals surface area contributed by atoms with Crippen LogP contribution in [-0.2, 0) is 5.41 Å². The van der Waals surface area contributed by atoms with Gasteiger partial charge in [0.05, 0.1) is 5.38 Å². The predicted octanol–water partition coefficient (Wildman–Crippen LogP) is 5.62. The van der Waals surface area contributed by atoms with Crippen LogP contribution in [0.4, 0.5) is 0 Å². The van der Waals surface area contributed by atoms with Gasteiger partial charge in [-0.05, 0) is 55.9 Å². The van der Waals surface area contributed by atoms with Crippen molar-refractivity contribution in [1.82, 2.24) is 0 Å². The van der Waals surface area contributed by atoms with Crippen molar-refractivity contribution in [2.24, 2.45) is 0 Å². The molecule has 0 amide bonds. The molecule has 3 rings (SSSR count). The van der Waals surface area contributed by atoms with Crippen LogP contribution in [-0.4, -0.2) is 0 Å². The zero-order chi connectivity index (χ0) is 14.3. The Hall–Kier alpha value is -1.27. The topological polar surface area (TPSA) is 0 Å². The third kappa shape index (κ3) is 2.16. The van der Waals surface area contributed by atoms with Crippen molar-refractivity contribution in [2.75, 3.05) is 0 Å². The second-order valence-electron chi connectivity index (χ2n) is 6.20. The lowest BCUT2D eigenvalue weighted by molar-refractivity contribution is 0.656. The second kappa shape index (κ2) is 4.93. The van der Waals surface area contributed by atoms with E-state index >= 15 is 0 Å². The van der Waals surface area contributed by atoms with E-state index in [1.807, 2.05) is 0 Å². The molecule has 1 saturated carbocycles. The van der Waals surface area contributed by atoms with Gasteiger partial charge in [-0.3, -0.25) is 0 Å². The maximum absolute atomic E-state index is 6.96. The lowest BCUT2D eigenvalue weighted by Gasteiger charge is -2.26. The summed E-state index contributed by atoms with van der Waals surface area (Å²) >= 11 is 6.96. The van der Waals surface area contributed by atoms with Gasteiger partial charge in [-0.1, -0.05) is 48.0 Å². The molecule has 0 radical (unpaired) electrons. The first-order valence-electron chi connectivity index (χ1n) is 7.32. The quantitative estimate of drug-likeness (QED) is 0.641. The zero-order valence-corrected chi connectivity index (χ0v) is 13.2. The highest BCUT2D eigenvalue weighted by atomic mass is 35.5. The van der Waals surface area contributed by atoms with Gasteiger partial charge in [-0.25, -0.2) is 0 Å². The lowest BCUT2D eigenvalue weighted by atomic mass is 9.84. The number of halogens is 1. The molecule has 0 aromatic heterocycles. The standard InChI is InChI=1S/C19H21Cl/c1-13-11-14(2)17(15(3)12-13)18(20)19(9-10-19)16-7-5-4-6-8-16/h4-8,11-12,18H,9-10H2,1-3H3. The molecule has 0 heterocycles. The van der Waals surface area contributed by atoms with E-state index in [4.69, 9.17) is 11.6 Å². The van der Waals surface area contributed by atoms with E-state index in [1.54, 1.807) is 0 Å². The summed E-state index contributed by atoms with van der Waals surface area (Å²) in [6.45, 7) is 6.52. The van der Waals surface area contributed by atoms with Gasteiger partial charge in [0.15, 0.2) is 0 Å². The Kier molecular flexibility index (Phi) is 3.38. The molecule has 20 heavy (non-hydrogen) atoms. The van der Waals surface area contributed by atoms with Crippen molar-refractivity contribution in [1.29, 1.82) is 0 Å². The van der Waals surface area contributed by atoms with E-state index in [-0.39, 0.29) is 10.8 Å². The molecular weight excluding hydrogens is 264 g/mol. The van der Waals surface area contributed by atoms with Crippen molar-refractivity contribution in [3.05, 3.63) is 70.3 Å². The van der Waals surface area contributed by atoms with E-state index in [2.05, 4.69) is 63.2 Å². The Morgan fingerprint density at radius 2 is 1.50 bits per heavy atom. The van der Waals surface area contributed by atoms with Gasteiger partial charge in [0, 0.05) is 5.41 Å². The van der Waals surface area contributed by atoms with Crippen LogP contribution in [0.25, 0.3) is 0 Å². The average molecular weight is 285 g/mol. The fourth-order valence-electron chi connectivity index (χ4n) is 3.46. The molecular formula is C19H21Cl. The largest absolute Gasteiger partial charge is 0.117 e. The van der Waals surface area contributed by atoms with Crippen LogP contribution >= 0.6 is 11.6 Å². The van der Waals surface area contributed by atoms with Gasteiger partial charge in [-0.2, -0.15) is 0 Å². The van der Waals surface area contributed by atoms with E-state index in [1.165, 1.54) is 40.7 Å². The lowest BCUT2D eigenvalue weighted by Crippen LogP contribution is -2.16. The smallest absolute Gasteiger partial charge is 0.0687 e. The molecule has 2 aromatic carbocycles. The monoisotopic (exact) mass is 284 g/mol. The van der Waals surface area contributed by atoms with E-state index in [9.17, 15) is 0 Å². The van der Waals surface area contributed by atoms with Crippen molar-refractivity contribution < 1.29 is 0 Å². The maximum atomic E-state index is 6.96. The molecule has 0 N–H and O–H groups in total. The van der Waals surface area contributed by atoms with Gasteiger partial charge in [0.2, 0.25) is 0 Å². The first-order valence-corrected chi connectivity index (χ1v) is 7.75. The average Bonchev–Trinajstić information content (AvgIpc) is 3.20. The molecule has 104 valence electrons. The summed E-state index contributed by atoms with van der Waals surface area (Å²) in [5.74, 6) is 0. The van der Waals surface area contributed by atoms with Crippen molar-refractivity contribution in [3.8, 4) is 0 Å². The van der Waals surface area contributed by atoms with E-state index in [0.29, 0.717) is 0 Å². The highest BCUT2D eigenvalue weighted by molar-refractivity contribution is 6.22. The number of hydrogen-bond donors (Lipinski definition) is 0. The molecule has 0 saturated heterocycles. The number of hydrogen-bond acceptors (Lipinski definition) is 0. The fourth-order valence-corrected chi connectivity index (χ4v) is 4.15. The molecule has 1 unspecified atom stereocenters. The SMILES string of the molecule is Cc1cc(C)c(C(Cl)C2(c3ccccc3)CC2)c(C)c1.